The summed E-state index contributed by atoms with van der Waals surface area (Å²) < 4.78 is 13.5. The molecule has 0 saturated heterocycles. The van der Waals surface area contributed by atoms with E-state index in [1.54, 1.807) is 30.8 Å². The SMILES string of the molecule is Cc1ccc(C(=O)NCCNC(=O)C(C)CSc2ccccc2)cc1F. The summed E-state index contributed by atoms with van der Waals surface area (Å²) in [6, 6.07) is 14.3. The second-order valence-corrected chi connectivity index (χ2v) is 7.13. The largest absolute Gasteiger partial charge is 0.354 e. The molecule has 0 saturated carbocycles. The lowest BCUT2D eigenvalue weighted by Gasteiger charge is -2.12. The first-order chi connectivity index (χ1) is 12.5. The lowest BCUT2D eigenvalue weighted by atomic mass is 10.1. The Morgan fingerprint density at radius 1 is 1.08 bits per heavy atom. The molecule has 0 heterocycles. The van der Waals surface area contributed by atoms with Crippen LogP contribution in [0.1, 0.15) is 22.8 Å². The number of hydrogen-bond acceptors (Lipinski definition) is 3. The number of carbonyl (C=O) groups excluding carboxylic acids is 2. The lowest BCUT2D eigenvalue weighted by Crippen LogP contribution is -2.37. The quantitative estimate of drug-likeness (QED) is 0.550. The molecule has 138 valence electrons. The predicted molar refractivity (Wildman–Crippen MR) is 103 cm³/mol. The van der Waals surface area contributed by atoms with E-state index in [9.17, 15) is 14.0 Å². The number of nitrogens with one attached hydrogen (secondary N) is 2. The van der Waals surface area contributed by atoms with Gasteiger partial charge in [-0.25, -0.2) is 4.39 Å². The fourth-order valence-electron chi connectivity index (χ4n) is 2.19. The van der Waals surface area contributed by atoms with E-state index in [4.69, 9.17) is 0 Å². The Bertz CT molecular complexity index is 753. The van der Waals surface area contributed by atoms with Gasteiger partial charge >= 0.3 is 0 Å². The van der Waals surface area contributed by atoms with Gasteiger partial charge in [-0.15, -0.1) is 11.8 Å². The standard InChI is InChI=1S/C20H23FN2O2S/c1-14-8-9-16(12-18(14)21)20(25)23-11-10-22-19(24)15(2)13-26-17-6-4-3-5-7-17/h3-9,12,15H,10-11,13H2,1-2H3,(H,22,24)(H,23,25). The van der Waals surface area contributed by atoms with Crippen molar-refractivity contribution in [2.45, 2.75) is 18.7 Å². The molecule has 26 heavy (non-hydrogen) atoms. The first-order valence-corrected chi connectivity index (χ1v) is 9.46. The predicted octanol–water partition coefficient (Wildman–Crippen LogP) is 3.41. The average Bonchev–Trinajstić information content (AvgIpc) is 2.65. The maximum Gasteiger partial charge on any atom is 0.251 e. The van der Waals surface area contributed by atoms with Gasteiger partial charge in [0.05, 0.1) is 0 Å². The summed E-state index contributed by atoms with van der Waals surface area (Å²) >= 11 is 1.63. The molecule has 0 radical (unpaired) electrons. The smallest absolute Gasteiger partial charge is 0.251 e. The minimum absolute atomic E-state index is 0.0518. The molecule has 0 aromatic heterocycles. The number of thioether (sulfide) groups is 1. The molecule has 2 rings (SSSR count). The van der Waals surface area contributed by atoms with Gasteiger partial charge in [-0.3, -0.25) is 9.59 Å². The summed E-state index contributed by atoms with van der Waals surface area (Å²) in [5.41, 5.74) is 0.767. The fourth-order valence-corrected chi connectivity index (χ4v) is 3.13. The molecule has 0 aliphatic rings. The zero-order valence-corrected chi connectivity index (χ0v) is 15.7. The van der Waals surface area contributed by atoms with Crippen LogP contribution in [0, 0.1) is 18.7 Å². The van der Waals surface area contributed by atoms with Crippen molar-refractivity contribution in [1.29, 1.82) is 0 Å². The van der Waals surface area contributed by atoms with Gasteiger partial charge in [0.1, 0.15) is 5.82 Å². The number of benzene rings is 2. The molecule has 1 atom stereocenters. The van der Waals surface area contributed by atoms with E-state index in [1.165, 1.54) is 6.07 Å². The van der Waals surface area contributed by atoms with Crippen molar-refractivity contribution < 1.29 is 14.0 Å². The molecule has 0 aliphatic heterocycles. The van der Waals surface area contributed by atoms with Crippen LogP contribution >= 0.6 is 11.8 Å². The van der Waals surface area contributed by atoms with Crippen molar-refractivity contribution in [3.05, 3.63) is 65.5 Å². The minimum Gasteiger partial charge on any atom is -0.354 e. The highest BCUT2D eigenvalue weighted by Gasteiger charge is 2.13. The maximum absolute atomic E-state index is 13.5. The Morgan fingerprint density at radius 3 is 2.46 bits per heavy atom. The number of carbonyl (C=O) groups is 2. The summed E-state index contributed by atoms with van der Waals surface area (Å²) in [4.78, 5) is 25.2. The molecule has 6 heteroatoms. The maximum atomic E-state index is 13.5. The normalized spacial score (nSPS) is 11.7. The molecule has 0 spiro atoms. The zero-order chi connectivity index (χ0) is 18.9. The van der Waals surface area contributed by atoms with E-state index in [-0.39, 0.29) is 23.3 Å². The second-order valence-electron chi connectivity index (χ2n) is 6.04. The summed E-state index contributed by atoms with van der Waals surface area (Å²) in [6.07, 6.45) is 0. The first kappa shape index (κ1) is 20.0. The van der Waals surface area contributed by atoms with Gasteiger partial charge in [0, 0.05) is 35.2 Å². The Kier molecular flexibility index (Phi) is 7.66. The van der Waals surface area contributed by atoms with Crippen LogP contribution in [-0.4, -0.2) is 30.7 Å². The van der Waals surface area contributed by atoms with Gasteiger partial charge in [-0.05, 0) is 36.8 Å². The summed E-state index contributed by atoms with van der Waals surface area (Å²) in [6.45, 7) is 4.14. The molecule has 2 aromatic rings. The Hall–Kier alpha value is -2.34. The van der Waals surface area contributed by atoms with Crippen LogP contribution in [0.25, 0.3) is 0 Å². The zero-order valence-electron chi connectivity index (χ0n) is 14.9. The van der Waals surface area contributed by atoms with E-state index in [2.05, 4.69) is 10.6 Å². The molecule has 0 aliphatic carbocycles. The van der Waals surface area contributed by atoms with Gasteiger partial charge in [0.25, 0.3) is 5.91 Å². The molecule has 2 aromatic carbocycles. The topological polar surface area (TPSA) is 58.2 Å². The Balaban J connectivity index is 1.67. The third kappa shape index (κ3) is 6.19. The minimum atomic E-state index is -0.407. The Morgan fingerprint density at radius 2 is 1.77 bits per heavy atom. The molecule has 2 N–H and O–H groups in total. The van der Waals surface area contributed by atoms with E-state index in [1.807, 2.05) is 37.3 Å². The van der Waals surface area contributed by atoms with E-state index in [0.717, 1.165) is 4.90 Å². The van der Waals surface area contributed by atoms with Crippen LogP contribution in [0.4, 0.5) is 4.39 Å². The second kappa shape index (κ2) is 9.97. The summed E-state index contributed by atoms with van der Waals surface area (Å²) in [7, 11) is 0. The number of hydrogen-bond donors (Lipinski definition) is 2. The number of aryl methyl sites for hydroxylation is 1. The van der Waals surface area contributed by atoms with E-state index < -0.39 is 5.82 Å². The molecular weight excluding hydrogens is 351 g/mol. The van der Waals surface area contributed by atoms with Crippen LogP contribution in [0.3, 0.4) is 0 Å². The monoisotopic (exact) mass is 374 g/mol. The molecule has 2 amide bonds. The highest BCUT2D eigenvalue weighted by molar-refractivity contribution is 7.99. The molecule has 0 fully saturated rings. The highest BCUT2D eigenvalue weighted by Crippen LogP contribution is 2.20. The van der Waals surface area contributed by atoms with E-state index >= 15 is 0 Å². The van der Waals surface area contributed by atoms with Crippen LogP contribution in [0.2, 0.25) is 0 Å². The Labute approximate surface area is 157 Å². The van der Waals surface area contributed by atoms with Crippen LogP contribution in [-0.2, 0) is 4.79 Å². The van der Waals surface area contributed by atoms with Crippen LogP contribution < -0.4 is 10.6 Å². The molecule has 4 nitrogen and oxygen atoms in total. The van der Waals surface area contributed by atoms with Gasteiger partial charge in [-0.1, -0.05) is 31.2 Å². The van der Waals surface area contributed by atoms with Crippen molar-refractivity contribution in [3.8, 4) is 0 Å². The molecule has 0 bridgehead atoms. The average molecular weight is 374 g/mol. The van der Waals surface area contributed by atoms with E-state index in [0.29, 0.717) is 24.4 Å². The molecular formula is C20H23FN2O2S. The van der Waals surface area contributed by atoms with Crippen LogP contribution in [0.5, 0.6) is 0 Å². The molecule has 1 unspecified atom stereocenters. The van der Waals surface area contributed by atoms with Crippen molar-refractivity contribution in [2.75, 3.05) is 18.8 Å². The summed E-state index contributed by atoms with van der Waals surface area (Å²) in [5, 5.41) is 5.48. The van der Waals surface area contributed by atoms with Crippen LogP contribution in [0.15, 0.2) is 53.4 Å². The number of halogens is 1. The van der Waals surface area contributed by atoms with Gasteiger partial charge < -0.3 is 10.6 Å². The van der Waals surface area contributed by atoms with Gasteiger partial charge in [0.15, 0.2) is 0 Å². The fraction of sp³-hybridized carbons (Fsp3) is 0.300. The summed E-state index contributed by atoms with van der Waals surface area (Å²) in [5.74, 6) is -0.266. The number of amides is 2. The third-order valence-corrected chi connectivity index (χ3v) is 5.11. The van der Waals surface area contributed by atoms with Crippen molar-refractivity contribution in [3.63, 3.8) is 0 Å². The lowest BCUT2D eigenvalue weighted by molar-refractivity contribution is -0.123. The highest BCUT2D eigenvalue weighted by atomic mass is 32.2. The van der Waals surface area contributed by atoms with Crippen molar-refractivity contribution in [2.24, 2.45) is 5.92 Å². The third-order valence-electron chi connectivity index (χ3n) is 3.83. The van der Waals surface area contributed by atoms with Gasteiger partial charge in [-0.2, -0.15) is 0 Å². The van der Waals surface area contributed by atoms with Crippen molar-refractivity contribution in [1.82, 2.24) is 10.6 Å². The first-order valence-electron chi connectivity index (χ1n) is 8.47. The number of rotatable bonds is 8. The van der Waals surface area contributed by atoms with Crippen molar-refractivity contribution >= 4 is 23.6 Å². The van der Waals surface area contributed by atoms with Gasteiger partial charge in [0.2, 0.25) is 5.91 Å².